The van der Waals surface area contributed by atoms with E-state index in [1.54, 1.807) is 0 Å². The molecule has 2 aliphatic rings. The van der Waals surface area contributed by atoms with E-state index in [4.69, 9.17) is 4.74 Å². The van der Waals surface area contributed by atoms with Gasteiger partial charge in [-0.3, -0.25) is 9.78 Å². The van der Waals surface area contributed by atoms with E-state index in [9.17, 15) is 4.79 Å². The molecule has 4 heteroatoms. The van der Waals surface area contributed by atoms with Gasteiger partial charge in [-0.15, -0.1) is 0 Å². The molecule has 1 aliphatic carbocycles. The maximum absolute atomic E-state index is 13.4. The zero-order chi connectivity index (χ0) is 18.5. The minimum absolute atomic E-state index is 0.224. The number of hydrogen-bond acceptors (Lipinski definition) is 3. The molecular weight excluding hydrogens is 336 g/mol. The highest BCUT2D eigenvalue weighted by atomic mass is 16.5. The fourth-order valence-electron chi connectivity index (χ4n) is 4.51. The zero-order valence-electron chi connectivity index (χ0n) is 15.8. The third-order valence-electron chi connectivity index (χ3n) is 6.16. The largest absolute Gasteiger partial charge is 0.381 e. The zero-order valence-corrected chi connectivity index (χ0v) is 15.8. The molecule has 27 heavy (non-hydrogen) atoms. The molecule has 1 N–H and O–H groups in total. The fraction of sp³-hybridized carbons (Fsp3) is 0.478. The number of ether oxygens (including phenoxy) is 1. The molecule has 2 heterocycles. The Hall–Kier alpha value is -2.20. The van der Waals surface area contributed by atoms with Gasteiger partial charge in [0.05, 0.1) is 5.41 Å². The van der Waals surface area contributed by atoms with Crippen molar-refractivity contribution in [2.45, 2.75) is 51.0 Å². The van der Waals surface area contributed by atoms with E-state index in [1.165, 1.54) is 24.0 Å². The Labute approximate surface area is 161 Å². The summed E-state index contributed by atoms with van der Waals surface area (Å²) in [5, 5.41) is 3.36. The highest BCUT2D eigenvalue weighted by Crippen LogP contribution is 2.38. The van der Waals surface area contributed by atoms with Gasteiger partial charge < -0.3 is 10.1 Å². The van der Waals surface area contributed by atoms with Gasteiger partial charge in [-0.1, -0.05) is 37.1 Å². The molecule has 1 saturated carbocycles. The number of carbonyl (C=O) groups excluding carboxylic acids is 1. The van der Waals surface area contributed by atoms with Crippen LogP contribution >= 0.6 is 0 Å². The summed E-state index contributed by atoms with van der Waals surface area (Å²) >= 11 is 0. The van der Waals surface area contributed by atoms with Crippen molar-refractivity contribution < 1.29 is 9.53 Å². The monoisotopic (exact) mass is 364 g/mol. The summed E-state index contributed by atoms with van der Waals surface area (Å²) in [6.07, 6.45) is 10.7. The maximum atomic E-state index is 13.4. The third-order valence-corrected chi connectivity index (χ3v) is 6.16. The molecule has 4 rings (SSSR count). The van der Waals surface area contributed by atoms with Crippen LogP contribution in [0.1, 0.15) is 44.1 Å². The van der Waals surface area contributed by atoms with E-state index < -0.39 is 0 Å². The van der Waals surface area contributed by atoms with Gasteiger partial charge in [0.2, 0.25) is 5.91 Å². The minimum atomic E-state index is -0.371. The van der Waals surface area contributed by atoms with E-state index in [0.29, 0.717) is 19.3 Å². The summed E-state index contributed by atoms with van der Waals surface area (Å²) in [7, 11) is 0. The van der Waals surface area contributed by atoms with Crippen molar-refractivity contribution in [3.63, 3.8) is 0 Å². The lowest BCUT2D eigenvalue weighted by atomic mass is 9.73. The van der Waals surface area contributed by atoms with Crippen molar-refractivity contribution >= 4 is 5.91 Å². The number of hydrogen-bond donors (Lipinski definition) is 1. The second-order valence-electron chi connectivity index (χ2n) is 7.92. The number of nitrogens with zero attached hydrogens (tertiary/aromatic N) is 1. The summed E-state index contributed by atoms with van der Waals surface area (Å²) < 4.78 is 5.61. The van der Waals surface area contributed by atoms with E-state index in [1.807, 2.05) is 24.5 Å². The SMILES string of the molecule is O=C(NC1CCCC1)C1(Cc2ccccc2-c2ccncc2)CCOCC1. The Morgan fingerprint density at radius 1 is 1.07 bits per heavy atom. The molecule has 0 atom stereocenters. The van der Waals surface area contributed by atoms with Crippen LogP contribution in [0, 0.1) is 5.41 Å². The summed E-state index contributed by atoms with van der Waals surface area (Å²) in [5.41, 5.74) is 3.20. The van der Waals surface area contributed by atoms with Crippen LogP contribution in [-0.4, -0.2) is 30.1 Å². The van der Waals surface area contributed by atoms with E-state index in [-0.39, 0.29) is 11.3 Å². The van der Waals surface area contributed by atoms with Crippen molar-refractivity contribution in [3.05, 3.63) is 54.4 Å². The van der Waals surface area contributed by atoms with Gasteiger partial charge in [0.15, 0.2) is 0 Å². The van der Waals surface area contributed by atoms with E-state index >= 15 is 0 Å². The molecule has 0 unspecified atom stereocenters. The van der Waals surface area contributed by atoms with Gasteiger partial charge in [-0.05, 0) is 60.9 Å². The van der Waals surface area contributed by atoms with Crippen molar-refractivity contribution in [2.24, 2.45) is 5.41 Å². The van der Waals surface area contributed by atoms with Crippen LogP contribution in [0.25, 0.3) is 11.1 Å². The fourth-order valence-corrected chi connectivity index (χ4v) is 4.51. The first-order chi connectivity index (χ1) is 13.3. The smallest absolute Gasteiger partial charge is 0.226 e. The molecular formula is C23H28N2O2. The Kier molecular flexibility index (Phi) is 5.53. The highest BCUT2D eigenvalue weighted by molar-refractivity contribution is 5.84. The first-order valence-corrected chi connectivity index (χ1v) is 10.1. The number of benzene rings is 1. The molecule has 0 bridgehead atoms. The van der Waals surface area contributed by atoms with Crippen LogP contribution in [0.4, 0.5) is 0 Å². The lowest BCUT2D eigenvalue weighted by molar-refractivity contribution is -0.137. The normalized spacial score (nSPS) is 19.7. The average molecular weight is 364 g/mol. The number of amides is 1. The summed E-state index contributed by atoms with van der Waals surface area (Å²) in [5.74, 6) is 0.224. The molecule has 1 amide bonds. The molecule has 1 aliphatic heterocycles. The molecule has 142 valence electrons. The van der Waals surface area contributed by atoms with Crippen LogP contribution < -0.4 is 5.32 Å². The lowest BCUT2D eigenvalue weighted by Gasteiger charge is -2.37. The van der Waals surface area contributed by atoms with E-state index in [2.05, 4.69) is 34.6 Å². The first kappa shape index (κ1) is 18.2. The number of pyridine rings is 1. The van der Waals surface area contributed by atoms with Crippen molar-refractivity contribution in [1.82, 2.24) is 10.3 Å². The number of nitrogens with one attached hydrogen (secondary N) is 1. The molecule has 2 aromatic rings. The molecule has 0 radical (unpaired) electrons. The van der Waals surface area contributed by atoms with Crippen LogP contribution in [0.2, 0.25) is 0 Å². The standard InChI is InChI=1S/C23H28N2O2/c26-22(25-20-6-2-3-7-20)23(11-15-27-16-12-23)17-19-5-1-4-8-21(19)18-9-13-24-14-10-18/h1,4-5,8-10,13-14,20H,2-3,6-7,11-12,15-17H2,(H,25,26). The van der Waals surface area contributed by atoms with Gasteiger partial charge in [0.25, 0.3) is 0 Å². The van der Waals surface area contributed by atoms with Gasteiger partial charge >= 0.3 is 0 Å². The Morgan fingerprint density at radius 3 is 2.52 bits per heavy atom. The molecule has 2 fully saturated rings. The lowest BCUT2D eigenvalue weighted by Crippen LogP contribution is -2.48. The molecule has 1 aromatic carbocycles. The summed E-state index contributed by atoms with van der Waals surface area (Å²) in [4.78, 5) is 17.5. The Balaban J connectivity index is 1.62. The minimum Gasteiger partial charge on any atom is -0.381 e. The number of carbonyl (C=O) groups is 1. The van der Waals surface area contributed by atoms with Gasteiger partial charge in [-0.25, -0.2) is 0 Å². The second-order valence-corrected chi connectivity index (χ2v) is 7.92. The summed E-state index contributed by atoms with van der Waals surface area (Å²) in [6.45, 7) is 1.32. The second kappa shape index (κ2) is 8.22. The van der Waals surface area contributed by atoms with Crippen molar-refractivity contribution in [1.29, 1.82) is 0 Å². The van der Waals surface area contributed by atoms with Crippen LogP contribution in [-0.2, 0) is 16.0 Å². The predicted octanol–water partition coefficient (Wildman–Crippen LogP) is 4.15. The molecule has 1 saturated heterocycles. The van der Waals surface area contributed by atoms with Crippen LogP contribution in [0.15, 0.2) is 48.8 Å². The van der Waals surface area contributed by atoms with Gasteiger partial charge in [0, 0.05) is 31.6 Å². The molecule has 4 nitrogen and oxygen atoms in total. The highest BCUT2D eigenvalue weighted by Gasteiger charge is 2.41. The van der Waals surface area contributed by atoms with Gasteiger partial charge in [-0.2, -0.15) is 0 Å². The maximum Gasteiger partial charge on any atom is 0.226 e. The molecule has 0 spiro atoms. The van der Waals surface area contributed by atoms with Crippen LogP contribution in [0.3, 0.4) is 0 Å². The summed E-state index contributed by atoms with van der Waals surface area (Å²) in [6, 6.07) is 12.9. The third kappa shape index (κ3) is 4.06. The van der Waals surface area contributed by atoms with Crippen molar-refractivity contribution in [3.8, 4) is 11.1 Å². The molecule has 1 aromatic heterocycles. The number of rotatable bonds is 5. The Morgan fingerprint density at radius 2 is 1.78 bits per heavy atom. The Bertz CT molecular complexity index is 763. The van der Waals surface area contributed by atoms with Crippen LogP contribution in [0.5, 0.6) is 0 Å². The van der Waals surface area contributed by atoms with Gasteiger partial charge in [0.1, 0.15) is 0 Å². The average Bonchev–Trinajstić information content (AvgIpc) is 3.23. The number of aromatic nitrogens is 1. The van der Waals surface area contributed by atoms with E-state index in [0.717, 1.165) is 37.7 Å². The van der Waals surface area contributed by atoms with Crippen molar-refractivity contribution in [2.75, 3.05) is 13.2 Å². The predicted molar refractivity (Wildman–Crippen MR) is 106 cm³/mol. The first-order valence-electron chi connectivity index (χ1n) is 10.1. The quantitative estimate of drug-likeness (QED) is 0.867. The topological polar surface area (TPSA) is 51.2 Å².